The molecule has 1 N–H and O–H groups in total. The molecule has 2 saturated heterocycles. The first-order chi connectivity index (χ1) is 11.6. The minimum Gasteiger partial charge on any atom is -0.347 e. The highest BCUT2D eigenvalue weighted by molar-refractivity contribution is 5.74. The van der Waals surface area contributed by atoms with Crippen LogP contribution in [0.5, 0.6) is 0 Å². The Hall–Kier alpha value is -1.59. The molecule has 2 heterocycles. The lowest BCUT2D eigenvalue weighted by Gasteiger charge is -2.39. The molecule has 2 fully saturated rings. The van der Waals surface area contributed by atoms with Gasteiger partial charge in [0.2, 0.25) is 0 Å². The van der Waals surface area contributed by atoms with E-state index in [1.807, 2.05) is 11.8 Å². The molecule has 132 valence electrons. The number of carbonyl (C=O) groups excluding carboxylic acids is 1. The van der Waals surface area contributed by atoms with Gasteiger partial charge in [0.1, 0.15) is 0 Å². The Kier molecular flexibility index (Phi) is 5.41. The predicted molar refractivity (Wildman–Crippen MR) is 92.9 cm³/mol. The van der Waals surface area contributed by atoms with Crippen LogP contribution in [0.15, 0.2) is 24.3 Å². The number of nitrogens with zero attached hydrogens (tertiary/aromatic N) is 1. The summed E-state index contributed by atoms with van der Waals surface area (Å²) >= 11 is 0. The van der Waals surface area contributed by atoms with E-state index in [0.717, 1.165) is 25.8 Å². The number of likely N-dealkylation sites (tertiary alicyclic amines) is 1. The highest BCUT2D eigenvalue weighted by Gasteiger charge is 2.42. The van der Waals surface area contributed by atoms with Crippen LogP contribution in [0.25, 0.3) is 0 Å². The van der Waals surface area contributed by atoms with Crippen LogP contribution in [0.2, 0.25) is 0 Å². The topological polar surface area (TPSA) is 50.8 Å². The molecule has 24 heavy (non-hydrogen) atoms. The molecule has 1 atom stereocenters. The number of urea groups is 1. The van der Waals surface area contributed by atoms with E-state index in [0.29, 0.717) is 26.3 Å². The van der Waals surface area contributed by atoms with Crippen LogP contribution < -0.4 is 5.32 Å². The van der Waals surface area contributed by atoms with E-state index in [1.165, 1.54) is 11.1 Å². The Bertz CT molecular complexity index is 552. The third kappa shape index (κ3) is 4.08. The zero-order valence-corrected chi connectivity index (χ0v) is 14.7. The van der Waals surface area contributed by atoms with Crippen molar-refractivity contribution in [1.82, 2.24) is 10.2 Å². The number of amides is 2. The largest absolute Gasteiger partial charge is 0.347 e. The molecule has 2 aliphatic rings. The number of carbonyl (C=O) groups is 1. The minimum atomic E-state index is -0.527. The normalized spacial score (nSPS) is 23.2. The van der Waals surface area contributed by atoms with Crippen LogP contribution in [-0.4, -0.2) is 49.6 Å². The second-order valence-electron chi connectivity index (χ2n) is 6.97. The molecule has 0 bridgehead atoms. The van der Waals surface area contributed by atoms with E-state index >= 15 is 0 Å². The standard InChI is InChI=1S/C19H28N2O3/c1-15-5-7-16(8-6-15)9-10-20-18(22)21-11-3-4-17(14-21)19(2)23-12-13-24-19/h5-8,17H,3-4,9-14H2,1-2H3,(H,20,22)/t17-/m1/s1. The van der Waals surface area contributed by atoms with Crippen LogP contribution in [0.4, 0.5) is 4.79 Å². The Balaban J connectivity index is 1.46. The monoisotopic (exact) mass is 332 g/mol. The summed E-state index contributed by atoms with van der Waals surface area (Å²) in [7, 11) is 0. The average molecular weight is 332 g/mol. The molecule has 0 radical (unpaired) electrons. The Morgan fingerprint density at radius 1 is 1.29 bits per heavy atom. The molecule has 0 aromatic heterocycles. The first kappa shape index (κ1) is 17.2. The summed E-state index contributed by atoms with van der Waals surface area (Å²) < 4.78 is 11.6. The van der Waals surface area contributed by atoms with E-state index in [9.17, 15) is 4.79 Å². The Morgan fingerprint density at radius 3 is 2.71 bits per heavy atom. The number of nitrogens with one attached hydrogen (secondary N) is 1. The highest BCUT2D eigenvalue weighted by Crippen LogP contribution is 2.34. The molecule has 2 aliphatic heterocycles. The molecule has 0 aliphatic carbocycles. The Morgan fingerprint density at radius 2 is 2.00 bits per heavy atom. The maximum atomic E-state index is 12.4. The zero-order valence-electron chi connectivity index (χ0n) is 14.7. The maximum Gasteiger partial charge on any atom is 0.317 e. The zero-order chi connectivity index (χ0) is 17.0. The second kappa shape index (κ2) is 7.53. The van der Waals surface area contributed by atoms with Crippen molar-refractivity contribution in [1.29, 1.82) is 0 Å². The summed E-state index contributed by atoms with van der Waals surface area (Å²) in [6.45, 7) is 7.55. The van der Waals surface area contributed by atoms with Crippen molar-refractivity contribution in [2.45, 2.75) is 38.9 Å². The van der Waals surface area contributed by atoms with Crippen LogP contribution >= 0.6 is 0 Å². The van der Waals surface area contributed by atoms with Gasteiger partial charge < -0.3 is 19.7 Å². The molecule has 1 aromatic carbocycles. The van der Waals surface area contributed by atoms with Gasteiger partial charge in [-0.15, -0.1) is 0 Å². The summed E-state index contributed by atoms with van der Waals surface area (Å²) in [6, 6.07) is 8.47. The first-order valence-corrected chi connectivity index (χ1v) is 8.93. The quantitative estimate of drug-likeness (QED) is 0.922. The summed E-state index contributed by atoms with van der Waals surface area (Å²) in [5.41, 5.74) is 2.50. The van der Waals surface area contributed by atoms with Gasteiger partial charge >= 0.3 is 6.03 Å². The van der Waals surface area contributed by atoms with Crippen LogP contribution in [-0.2, 0) is 15.9 Å². The molecule has 0 spiro atoms. The molecule has 2 amide bonds. The summed E-state index contributed by atoms with van der Waals surface area (Å²) in [6.07, 6.45) is 2.90. The van der Waals surface area contributed by atoms with E-state index in [-0.39, 0.29) is 11.9 Å². The van der Waals surface area contributed by atoms with Gasteiger partial charge in [0.15, 0.2) is 5.79 Å². The van der Waals surface area contributed by atoms with Gasteiger partial charge in [-0.2, -0.15) is 0 Å². The molecule has 1 aromatic rings. The fourth-order valence-electron chi connectivity index (χ4n) is 3.54. The van der Waals surface area contributed by atoms with E-state index in [2.05, 4.69) is 36.5 Å². The number of benzene rings is 1. The molecular weight excluding hydrogens is 304 g/mol. The number of hydrogen-bond donors (Lipinski definition) is 1. The van der Waals surface area contributed by atoms with E-state index in [1.54, 1.807) is 0 Å². The van der Waals surface area contributed by atoms with Crippen LogP contribution in [0, 0.1) is 12.8 Å². The van der Waals surface area contributed by atoms with Gasteiger partial charge in [-0.05, 0) is 38.7 Å². The van der Waals surface area contributed by atoms with Crippen molar-refractivity contribution < 1.29 is 14.3 Å². The average Bonchev–Trinajstić information content (AvgIpc) is 3.05. The van der Waals surface area contributed by atoms with Crippen LogP contribution in [0.1, 0.15) is 30.9 Å². The molecule has 5 heteroatoms. The molecule has 5 nitrogen and oxygen atoms in total. The van der Waals surface area contributed by atoms with E-state index in [4.69, 9.17) is 9.47 Å². The molecular formula is C19H28N2O3. The summed E-state index contributed by atoms with van der Waals surface area (Å²) in [5, 5.41) is 3.04. The van der Waals surface area contributed by atoms with Crippen molar-refractivity contribution in [3.8, 4) is 0 Å². The number of hydrogen-bond acceptors (Lipinski definition) is 3. The lowest BCUT2D eigenvalue weighted by Crippen LogP contribution is -2.51. The fourth-order valence-corrected chi connectivity index (χ4v) is 3.54. The van der Waals surface area contributed by atoms with Gasteiger partial charge in [-0.25, -0.2) is 4.79 Å². The molecule has 3 rings (SSSR count). The molecule has 0 saturated carbocycles. The highest BCUT2D eigenvalue weighted by atomic mass is 16.7. The number of aryl methyl sites for hydroxylation is 1. The third-order valence-electron chi connectivity index (χ3n) is 5.12. The van der Waals surface area contributed by atoms with Crippen molar-refractivity contribution in [3.63, 3.8) is 0 Å². The van der Waals surface area contributed by atoms with Gasteiger partial charge in [-0.1, -0.05) is 29.8 Å². The van der Waals surface area contributed by atoms with Crippen molar-refractivity contribution in [3.05, 3.63) is 35.4 Å². The lowest BCUT2D eigenvalue weighted by atomic mass is 9.90. The Labute approximate surface area is 144 Å². The van der Waals surface area contributed by atoms with Crippen molar-refractivity contribution in [2.75, 3.05) is 32.8 Å². The number of piperidine rings is 1. The van der Waals surface area contributed by atoms with Gasteiger partial charge in [0, 0.05) is 25.6 Å². The SMILES string of the molecule is Cc1ccc(CCNC(=O)N2CCC[C@@H](C3(C)OCCO3)C2)cc1. The van der Waals surface area contributed by atoms with Crippen molar-refractivity contribution >= 4 is 6.03 Å². The predicted octanol–water partition coefficient (Wildman–Crippen LogP) is 2.72. The van der Waals surface area contributed by atoms with Gasteiger partial charge in [0.25, 0.3) is 0 Å². The molecule has 0 unspecified atom stereocenters. The number of ether oxygens (including phenoxy) is 2. The van der Waals surface area contributed by atoms with Gasteiger partial charge in [0.05, 0.1) is 13.2 Å². The maximum absolute atomic E-state index is 12.4. The minimum absolute atomic E-state index is 0.0217. The van der Waals surface area contributed by atoms with Gasteiger partial charge in [-0.3, -0.25) is 0 Å². The third-order valence-corrected chi connectivity index (χ3v) is 5.12. The number of rotatable bonds is 4. The van der Waals surface area contributed by atoms with Crippen LogP contribution in [0.3, 0.4) is 0 Å². The van der Waals surface area contributed by atoms with E-state index < -0.39 is 5.79 Å². The first-order valence-electron chi connectivity index (χ1n) is 8.93. The van der Waals surface area contributed by atoms with Crippen molar-refractivity contribution in [2.24, 2.45) is 5.92 Å². The summed E-state index contributed by atoms with van der Waals surface area (Å²) in [4.78, 5) is 14.3. The summed E-state index contributed by atoms with van der Waals surface area (Å²) in [5.74, 6) is -0.280. The second-order valence-corrected chi connectivity index (χ2v) is 6.97. The lowest BCUT2D eigenvalue weighted by molar-refractivity contribution is -0.189. The smallest absolute Gasteiger partial charge is 0.317 e. The fraction of sp³-hybridized carbons (Fsp3) is 0.632.